The monoisotopic (exact) mass is 223 g/mol. The van der Waals surface area contributed by atoms with Gasteiger partial charge in [0.15, 0.2) is 0 Å². The highest BCUT2D eigenvalue weighted by Gasteiger charge is 2.29. The molecule has 1 aliphatic carbocycles. The van der Waals surface area contributed by atoms with E-state index in [1.54, 1.807) is 0 Å². The molecule has 0 aromatic carbocycles. The van der Waals surface area contributed by atoms with Crippen molar-refractivity contribution in [1.29, 1.82) is 0 Å². The standard InChI is InChI=1S/C11H17N3O2/c1-3-14(2)11-12-10(16-13-11)8-6-4-5-7-9(8)15/h8H,3-7H2,1-2H3. The highest BCUT2D eigenvalue weighted by Crippen LogP contribution is 2.29. The average molecular weight is 223 g/mol. The molecule has 1 saturated carbocycles. The highest BCUT2D eigenvalue weighted by atomic mass is 16.5. The Morgan fingerprint density at radius 3 is 3.00 bits per heavy atom. The zero-order valence-electron chi connectivity index (χ0n) is 9.77. The van der Waals surface area contributed by atoms with Crippen LogP contribution in [0.2, 0.25) is 0 Å². The van der Waals surface area contributed by atoms with Crippen molar-refractivity contribution in [3.05, 3.63) is 5.89 Å². The summed E-state index contributed by atoms with van der Waals surface area (Å²) in [6.45, 7) is 2.83. The third kappa shape index (κ3) is 2.08. The lowest BCUT2D eigenvalue weighted by Gasteiger charge is -2.16. The Balaban J connectivity index is 2.14. The van der Waals surface area contributed by atoms with E-state index in [1.165, 1.54) is 0 Å². The van der Waals surface area contributed by atoms with E-state index in [4.69, 9.17) is 4.52 Å². The first-order chi connectivity index (χ1) is 7.72. The summed E-state index contributed by atoms with van der Waals surface area (Å²) in [5.74, 6) is 1.12. The third-order valence-corrected chi connectivity index (χ3v) is 3.10. The van der Waals surface area contributed by atoms with E-state index in [0.29, 0.717) is 18.3 Å². The fourth-order valence-electron chi connectivity index (χ4n) is 1.91. The third-order valence-electron chi connectivity index (χ3n) is 3.10. The van der Waals surface area contributed by atoms with Crippen LogP contribution in [0, 0.1) is 0 Å². The van der Waals surface area contributed by atoms with E-state index in [1.807, 2.05) is 18.9 Å². The first-order valence-electron chi connectivity index (χ1n) is 5.79. The molecular weight excluding hydrogens is 206 g/mol. The van der Waals surface area contributed by atoms with Crippen molar-refractivity contribution in [3.8, 4) is 0 Å². The molecule has 2 rings (SSSR count). The zero-order valence-corrected chi connectivity index (χ0v) is 9.77. The molecule has 1 aromatic heterocycles. The van der Waals surface area contributed by atoms with Gasteiger partial charge in [0.1, 0.15) is 5.78 Å². The van der Waals surface area contributed by atoms with Crippen LogP contribution < -0.4 is 4.90 Å². The summed E-state index contributed by atoms with van der Waals surface area (Å²) < 4.78 is 5.17. The maximum atomic E-state index is 11.7. The van der Waals surface area contributed by atoms with Crippen molar-refractivity contribution >= 4 is 11.7 Å². The van der Waals surface area contributed by atoms with Gasteiger partial charge in [0.05, 0.1) is 5.92 Å². The number of carbonyl (C=O) groups is 1. The van der Waals surface area contributed by atoms with Crippen LogP contribution in [0.4, 0.5) is 5.95 Å². The number of rotatable bonds is 3. The van der Waals surface area contributed by atoms with Crippen molar-refractivity contribution < 1.29 is 9.32 Å². The summed E-state index contributed by atoms with van der Waals surface area (Å²) in [6, 6.07) is 0. The number of aromatic nitrogens is 2. The fraction of sp³-hybridized carbons (Fsp3) is 0.727. The number of ketones is 1. The Bertz CT molecular complexity index is 375. The fourth-order valence-corrected chi connectivity index (χ4v) is 1.91. The Hall–Kier alpha value is -1.39. The van der Waals surface area contributed by atoms with Gasteiger partial charge in [0.2, 0.25) is 5.89 Å². The highest BCUT2D eigenvalue weighted by molar-refractivity contribution is 5.85. The lowest BCUT2D eigenvalue weighted by molar-refractivity contribution is -0.122. The van der Waals surface area contributed by atoms with Gasteiger partial charge in [-0.15, -0.1) is 0 Å². The van der Waals surface area contributed by atoms with E-state index in [2.05, 4.69) is 10.1 Å². The van der Waals surface area contributed by atoms with Gasteiger partial charge in [-0.25, -0.2) is 0 Å². The molecule has 5 nitrogen and oxygen atoms in total. The SMILES string of the molecule is CCN(C)c1noc(C2CCCCC2=O)n1. The second-order valence-corrected chi connectivity index (χ2v) is 4.21. The molecule has 1 aromatic rings. The summed E-state index contributed by atoms with van der Waals surface area (Å²) in [6.07, 6.45) is 3.55. The number of anilines is 1. The van der Waals surface area contributed by atoms with Crippen LogP contribution in [0.15, 0.2) is 4.52 Å². The zero-order chi connectivity index (χ0) is 11.5. The van der Waals surface area contributed by atoms with Gasteiger partial charge in [0, 0.05) is 20.0 Å². The number of carbonyl (C=O) groups excluding carboxylic acids is 1. The smallest absolute Gasteiger partial charge is 0.265 e. The summed E-state index contributed by atoms with van der Waals surface area (Å²) >= 11 is 0. The first-order valence-corrected chi connectivity index (χ1v) is 5.79. The average Bonchev–Trinajstić information content (AvgIpc) is 2.78. The summed E-state index contributed by atoms with van der Waals surface area (Å²) in [7, 11) is 1.90. The summed E-state index contributed by atoms with van der Waals surface area (Å²) in [5, 5.41) is 3.88. The Morgan fingerprint density at radius 1 is 1.50 bits per heavy atom. The normalized spacial score (nSPS) is 21.1. The predicted octanol–water partition coefficient (Wildman–Crippen LogP) is 1.75. The Labute approximate surface area is 94.8 Å². The minimum atomic E-state index is -0.166. The van der Waals surface area contributed by atoms with Gasteiger partial charge in [-0.05, 0) is 24.9 Å². The molecule has 0 bridgehead atoms. The van der Waals surface area contributed by atoms with Crippen LogP contribution in [0.3, 0.4) is 0 Å². The van der Waals surface area contributed by atoms with Crippen LogP contribution in [-0.2, 0) is 4.79 Å². The van der Waals surface area contributed by atoms with Crippen molar-refractivity contribution in [2.75, 3.05) is 18.5 Å². The molecule has 0 aliphatic heterocycles. The lowest BCUT2D eigenvalue weighted by atomic mass is 9.88. The number of nitrogens with zero attached hydrogens (tertiary/aromatic N) is 3. The maximum Gasteiger partial charge on any atom is 0.265 e. The molecule has 5 heteroatoms. The van der Waals surface area contributed by atoms with Gasteiger partial charge in [-0.1, -0.05) is 6.42 Å². The number of hydrogen-bond acceptors (Lipinski definition) is 5. The predicted molar refractivity (Wildman–Crippen MR) is 59.5 cm³/mol. The number of hydrogen-bond donors (Lipinski definition) is 0. The molecule has 0 spiro atoms. The molecule has 1 heterocycles. The van der Waals surface area contributed by atoms with E-state index in [-0.39, 0.29) is 11.7 Å². The minimum Gasteiger partial charge on any atom is -0.342 e. The van der Waals surface area contributed by atoms with Gasteiger partial charge in [0.25, 0.3) is 5.95 Å². The molecule has 1 unspecified atom stereocenters. The molecule has 0 saturated heterocycles. The first kappa shape index (κ1) is 11.1. The summed E-state index contributed by atoms with van der Waals surface area (Å²) in [5.41, 5.74) is 0. The molecule has 0 N–H and O–H groups in total. The van der Waals surface area contributed by atoms with Crippen LogP contribution >= 0.6 is 0 Å². The summed E-state index contributed by atoms with van der Waals surface area (Å²) in [4.78, 5) is 17.9. The molecule has 0 radical (unpaired) electrons. The van der Waals surface area contributed by atoms with E-state index in [9.17, 15) is 4.79 Å². The van der Waals surface area contributed by atoms with Crippen molar-refractivity contribution in [1.82, 2.24) is 10.1 Å². The van der Waals surface area contributed by atoms with Crippen LogP contribution in [0.1, 0.15) is 44.4 Å². The van der Waals surface area contributed by atoms with Gasteiger partial charge >= 0.3 is 0 Å². The van der Waals surface area contributed by atoms with Crippen molar-refractivity contribution in [3.63, 3.8) is 0 Å². The van der Waals surface area contributed by atoms with Crippen LogP contribution in [0.5, 0.6) is 0 Å². The quantitative estimate of drug-likeness (QED) is 0.781. The molecule has 0 amide bonds. The largest absolute Gasteiger partial charge is 0.342 e. The van der Waals surface area contributed by atoms with Crippen molar-refractivity contribution in [2.45, 2.75) is 38.5 Å². The minimum absolute atomic E-state index is 0.166. The molecular formula is C11H17N3O2. The van der Waals surface area contributed by atoms with E-state index < -0.39 is 0 Å². The second kappa shape index (κ2) is 4.63. The maximum absolute atomic E-state index is 11.7. The van der Waals surface area contributed by atoms with Crippen LogP contribution in [-0.4, -0.2) is 29.5 Å². The van der Waals surface area contributed by atoms with Crippen molar-refractivity contribution in [2.24, 2.45) is 0 Å². The Morgan fingerprint density at radius 2 is 2.31 bits per heavy atom. The lowest BCUT2D eigenvalue weighted by Crippen LogP contribution is -2.19. The van der Waals surface area contributed by atoms with Crippen LogP contribution in [0.25, 0.3) is 0 Å². The van der Waals surface area contributed by atoms with Gasteiger partial charge in [-0.2, -0.15) is 4.98 Å². The molecule has 1 aliphatic rings. The van der Waals surface area contributed by atoms with Gasteiger partial charge in [-0.3, -0.25) is 4.79 Å². The molecule has 88 valence electrons. The molecule has 16 heavy (non-hydrogen) atoms. The van der Waals surface area contributed by atoms with Gasteiger partial charge < -0.3 is 9.42 Å². The van der Waals surface area contributed by atoms with E-state index >= 15 is 0 Å². The second-order valence-electron chi connectivity index (χ2n) is 4.21. The topological polar surface area (TPSA) is 59.2 Å². The number of Topliss-reactive ketones (excluding diaryl/α,β-unsaturated/α-hetero) is 1. The molecule has 1 atom stereocenters. The van der Waals surface area contributed by atoms with E-state index in [0.717, 1.165) is 25.8 Å². The molecule has 1 fully saturated rings. The Kier molecular flexibility index (Phi) is 3.22.